The maximum absolute atomic E-state index is 12.7. The molecule has 0 radical (unpaired) electrons. The van der Waals surface area contributed by atoms with Gasteiger partial charge >= 0.3 is 0 Å². The van der Waals surface area contributed by atoms with E-state index in [2.05, 4.69) is 25.6 Å². The molecular weight excluding hydrogens is 418 g/mol. The number of carbonyl (C=O) groups is 1. The highest BCUT2D eigenvalue weighted by Gasteiger charge is 2.23. The Kier molecular flexibility index (Phi) is 6.02. The number of H-pyrrole nitrogens is 2. The van der Waals surface area contributed by atoms with Crippen molar-refractivity contribution in [1.82, 2.24) is 15.0 Å². The minimum absolute atomic E-state index is 0.130. The van der Waals surface area contributed by atoms with E-state index < -0.39 is 11.5 Å². The van der Waals surface area contributed by atoms with Crippen LogP contribution in [0.4, 0.5) is 11.4 Å². The third-order valence-corrected chi connectivity index (χ3v) is 5.31. The summed E-state index contributed by atoms with van der Waals surface area (Å²) in [5, 5.41) is 16.6. The van der Waals surface area contributed by atoms with Crippen LogP contribution in [0.5, 0.6) is 0 Å². The molecule has 5 N–H and O–H groups in total. The summed E-state index contributed by atoms with van der Waals surface area (Å²) in [7, 11) is 0. The molecule has 1 amide bonds. The molecule has 2 aromatic carbocycles. The van der Waals surface area contributed by atoms with E-state index in [4.69, 9.17) is 0 Å². The zero-order chi connectivity index (χ0) is 23.6. The minimum Gasteiger partial charge on any atom is -0.387 e. The summed E-state index contributed by atoms with van der Waals surface area (Å²) in [4.78, 5) is 35.7. The Balaban J connectivity index is 1.67. The number of nitrogens with zero attached hydrogens (tertiary/aromatic N) is 1. The Morgan fingerprint density at radius 1 is 1.06 bits per heavy atom. The highest BCUT2D eigenvalue weighted by atomic mass is 16.3. The SMILES string of the molecule is CC(C)(C)C(=O)Nc1cccc2[nH]c(-c3c(NC[C@@H](O)c4ccccc4)cc[nH]c3=O)nc12. The first-order valence-corrected chi connectivity index (χ1v) is 10.7. The summed E-state index contributed by atoms with van der Waals surface area (Å²) in [6, 6.07) is 16.5. The molecule has 0 aliphatic rings. The molecule has 4 rings (SSSR count). The molecule has 8 heteroatoms. The number of aliphatic hydroxyl groups is 1. The Bertz CT molecular complexity index is 1340. The summed E-state index contributed by atoms with van der Waals surface area (Å²) >= 11 is 0. The van der Waals surface area contributed by atoms with Crippen LogP contribution >= 0.6 is 0 Å². The zero-order valence-electron chi connectivity index (χ0n) is 18.8. The fourth-order valence-corrected chi connectivity index (χ4v) is 3.42. The number of aromatic nitrogens is 3. The quantitative estimate of drug-likeness (QED) is 0.306. The largest absolute Gasteiger partial charge is 0.387 e. The third-order valence-electron chi connectivity index (χ3n) is 5.31. The van der Waals surface area contributed by atoms with Gasteiger partial charge in [0, 0.05) is 18.2 Å². The van der Waals surface area contributed by atoms with Crippen molar-refractivity contribution >= 4 is 28.3 Å². The molecule has 0 bridgehead atoms. The molecule has 0 spiro atoms. The van der Waals surface area contributed by atoms with Gasteiger partial charge in [0.15, 0.2) is 0 Å². The van der Waals surface area contributed by atoms with Crippen LogP contribution in [0.2, 0.25) is 0 Å². The number of aromatic amines is 2. The number of hydrogen-bond donors (Lipinski definition) is 5. The van der Waals surface area contributed by atoms with Crippen molar-refractivity contribution in [1.29, 1.82) is 0 Å². The number of carbonyl (C=O) groups excluding carboxylic acids is 1. The van der Waals surface area contributed by atoms with Crippen LogP contribution in [0.1, 0.15) is 32.4 Å². The molecule has 170 valence electrons. The summed E-state index contributed by atoms with van der Waals surface area (Å²) < 4.78 is 0. The fraction of sp³-hybridized carbons (Fsp3) is 0.240. The minimum atomic E-state index is -0.742. The van der Waals surface area contributed by atoms with Crippen molar-refractivity contribution in [2.45, 2.75) is 26.9 Å². The zero-order valence-corrected chi connectivity index (χ0v) is 18.8. The number of benzene rings is 2. The first-order chi connectivity index (χ1) is 15.7. The Labute approximate surface area is 191 Å². The molecule has 2 heterocycles. The average molecular weight is 446 g/mol. The fourth-order valence-electron chi connectivity index (χ4n) is 3.42. The highest BCUT2D eigenvalue weighted by molar-refractivity contribution is 6.02. The lowest BCUT2D eigenvalue weighted by Crippen LogP contribution is -2.27. The van der Waals surface area contributed by atoms with Gasteiger partial charge in [-0.25, -0.2) is 4.98 Å². The molecule has 1 atom stereocenters. The van der Waals surface area contributed by atoms with Gasteiger partial charge in [0.1, 0.15) is 16.9 Å². The number of hydrogen-bond acceptors (Lipinski definition) is 5. The van der Waals surface area contributed by atoms with Gasteiger partial charge in [-0.05, 0) is 23.8 Å². The molecule has 4 aromatic rings. The summed E-state index contributed by atoms with van der Waals surface area (Å²) in [5.41, 5.74) is 2.56. The summed E-state index contributed by atoms with van der Waals surface area (Å²) in [5.74, 6) is 0.232. The van der Waals surface area contributed by atoms with Gasteiger partial charge in [-0.1, -0.05) is 57.2 Å². The predicted octanol–water partition coefficient (Wildman–Crippen LogP) is 4.05. The normalized spacial score (nSPS) is 12.5. The summed E-state index contributed by atoms with van der Waals surface area (Å²) in [6.07, 6.45) is 0.800. The Morgan fingerprint density at radius 2 is 1.82 bits per heavy atom. The van der Waals surface area contributed by atoms with Gasteiger partial charge in [-0.2, -0.15) is 0 Å². The van der Waals surface area contributed by atoms with E-state index in [0.29, 0.717) is 33.8 Å². The predicted molar refractivity (Wildman–Crippen MR) is 130 cm³/mol. The third kappa shape index (κ3) is 4.80. The Hall–Kier alpha value is -3.91. The number of anilines is 2. The number of nitrogens with one attached hydrogen (secondary N) is 4. The van der Waals surface area contributed by atoms with Crippen molar-refractivity contribution < 1.29 is 9.90 Å². The van der Waals surface area contributed by atoms with Crippen LogP contribution in [0, 0.1) is 5.41 Å². The number of aliphatic hydroxyl groups excluding tert-OH is 1. The monoisotopic (exact) mass is 445 g/mol. The van der Waals surface area contributed by atoms with Crippen molar-refractivity contribution in [2.24, 2.45) is 5.41 Å². The summed E-state index contributed by atoms with van der Waals surface area (Å²) in [6.45, 7) is 5.73. The number of amides is 1. The smallest absolute Gasteiger partial charge is 0.261 e. The average Bonchev–Trinajstić information content (AvgIpc) is 3.22. The van der Waals surface area contributed by atoms with Crippen molar-refractivity contribution in [3.63, 3.8) is 0 Å². The van der Waals surface area contributed by atoms with E-state index >= 15 is 0 Å². The van der Waals surface area contributed by atoms with Crippen LogP contribution in [0.15, 0.2) is 65.6 Å². The van der Waals surface area contributed by atoms with E-state index in [1.54, 1.807) is 18.3 Å². The lowest BCUT2D eigenvalue weighted by molar-refractivity contribution is -0.123. The van der Waals surface area contributed by atoms with E-state index in [9.17, 15) is 14.7 Å². The molecule has 0 aliphatic carbocycles. The van der Waals surface area contributed by atoms with Gasteiger partial charge < -0.3 is 25.7 Å². The van der Waals surface area contributed by atoms with Gasteiger partial charge in [-0.15, -0.1) is 0 Å². The van der Waals surface area contributed by atoms with Crippen LogP contribution in [-0.2, 0) is 4.79 Å². The van der Waals surface area contributed by atoms with Crippen LogP contribution in [0.25, 0.3) is 22.4 Å². The molecule has 0 saturated heterocycles. The molecule has 0 fully saturated rings. The van der Waals surface area contributed by atoms with Gasteiger partial charge in [-0.3, -0.25) is 9.59 Å². The molecule has 33 heavy (non-hydrogen) atoms. The maximum atomic E-state index is 12.7. The van der Waals surface area contributed by atoms with Gasteiger partial charge in [0.05, 0.1) is 23.0 Å². The number of para-hydroxylation sites is 1. The maximum Gasteiger partial charge on any atom is 0.261 e. The second kappa shape index (κ2) is 8.91. The van der Waals surface area contributed by atoms with Gasteiger partial charge in [0.25, 0.3) is 5.56 Å². The first kappa shape index (κ1) is 22.3. The van der Waals surface area contributed by atoms with E-state index in [-0.39, 0.29) is 18.0 Å². The molecular formula is C25H27N5O3. The van der Waals surface area contributed by atoms with Crippen molar-refractivity contribution in [3.8, 4) is 11.4 Å². The van der Waals surface area contributed by atoms with Crippen LogP contribution in [-0.4, -0.2) is 32.5 Å². The van der Waals surface area contributed by atoms with Crippen LogP contribution in [0.3, 0.4) is 0 Å². The molecule has 0 aliphatic heterocycles. The Morgan fingerprint density at radius 3 is 2.55 bits per heavy atom. The van der Waals surface area contributed by atoms with Crippen LogP contribution < -0.4 is 16.2 Å². The first-order valence-electron chi connectivity index (χ1n) is 10.7. The molecule has 2 aromatic heterocycles. The second-order valence-electron chi connectivity index (χ2n) is 8.89. The standard InChI is InChI=1S/C25H27N5O3/c1-25(2,3)24(33)29-18-11-7-10-17-21(18)30-22(28-17)20-16(12-13-26-23(20)32)27-14-19(31)15-8-5-4-6-9-15/h4-13,19,31H,14H2,1-3H3,(H,28,30)(H,29,33)(H2,26,27,32)/t19-/m1/s1. The van der Waals surface area contributed by atoms with Gasteiger partial charge in [0.2, 0.25) is 5.91 Å². The van der Waals surface area contributed by atoms with Crippen molar-refractivity contribution in [2.75, 3.05) is 17.2 Å². The van der Waals surface area contributed by atoms with E-state index in [0.717, 1.165) is 5.56 Å². The molecule has 0 unspecified atom stereocenters. The van der Waals surface area contributed by atoms with E-state index in [1.165, 1.54) is 0 Å². The number of imidazole rings is 1. The highest BCUT2D eigenvalue weighted by Crippen LogP contribution is 2.29. The van der Waals surface area contributed by atoms with E-state index in [1.807, 2.05) is 63.2 Å². The number of fused-ring (bicyclic) bond motifs is 1. The topological polar surface area (TPSA) is 123 Å². The number of rotatable bonds is 6. The lowest BCUT2D eigenvalue weighted by atomic mass is 9.95. The molecule has 8 nitrogen and oxygen atoms in total. The lowest BCUT2D eigenvalue weighted by Gasteiger charge is -2.17. The second-order valence-corrected chi connectivity index (χ2v) is 8.89. The molecule has 0 saturated carbocycles. The van der Waals surface area contributed by atoms with Crippen molar-refractivity contribution in [3.05, 3.63) is 76.7 Å². The number of pyridine rings is 1.